The number of anilines is 2. The van der Waals surface area contributed by atoms with Gasteiger partial charge >= 0.3 is 12.0 Å². The van der Waals surface area contributed by atoms with Crippen molar-refractivity contribution in [2.45, 2.75) is 44.5 Å². The van der Waals surface area contributed by atoms with Crippen LogP contribution in [0.5, 0.6) is 0 Å². The third kappa shape index (κ3) is 7.36. The highest BCUT2D eigenvalue weighted by Crippen LogP contribution is 2.26. The molecule has 0 atom stereocenters. The van der Waals surface area contributed by atoms with Crippen molar-refractivity contribution in [3.05, 3.63) is 84.9 Å². The number of carbonyl (C=O) groups excluding carboxylic acids is 2. The largest absolute Gasteiger partial charge is 0.459 e. The number of thioether (sulfide) groups is 1. The van der Waals surface area contributed by atoms with Crippen molar-refractivity contribution in [2.75, 3.05) is 22.5 Å². The summed E-state index contributed by atoms with van der Waals surface area (Å²) in [6.45, 7) is 6.20. The molecule has 0 aliphatic heterocycles. The van der Waals surface area contributed by atoms with Crippen LogP contribution in [0.25, 0.3) is 11.0 Å². The number of rotatable bonds is 9. The van der Waals surface area contributed by atoms with Crippen molar-refractivity contribution in [1.82, 2.24) is 9.55 Å². The second kappa shape index (κ2) is 12.0. The molecule has 192 valence electrons. The molecule has 2 amide bonds. The number of benzene rings is 3. The molecule has 0 saturated heterocycles. The van der Waals surface area contributed by atoms with Gasteiger partial charge in [-0.3, -0.25) is 9.69 Å². The normalized spacial score (nSPS) is 11.3. The molecule has 0 unspecified atom stereocenters. The molecular formula is C29H32N4O3S. The van der Waals surface area contributed by atoms with E-state index >= 15 is 0 Å². The van der Waals surface area contributed by atoms with Gasteiger partial charge in [0.2, 0.25) is 0 Å². The van der Waals surface area contributed by atoms with Crippen LogP contribution in [0.3, 0.4) is 0 Å². The third-order valence-corrected chi connectivity index (χ3v) is 6.48. The molecule has 8 heteroatoms. The van der Waals surface area contributed by atoms with Gasteiger partial charge in [-0.1, -0.05) is 60.3 Å². The first kappa shape index (κ1) is 26.3. The average molecular weight is 517 g/mol. The van der Waals surface area contributed by atoms with Gasteiger partial charge in [-0.05, 0) is 63.6 Å². The number of para-hydroxylation sites is 4. The summed E-state index contributed by atoms with van der Waals surface area (Å²) in [7, 11) is 0. The van der Waals surface area contributed by atoms with Crippen LogP contribution in [0, 0.1) is 0 Å². The number of imidazole rings is 1. The number of amides is 2. The van der Waals surface area contributed by atoms with Crippen molar-refractivity contribution in [1.29, 1.82) is 0 Å². The minimum absolute atomic E-state index is 0.0930. The Hall–Kier alpha value is -3.78. The summed E-state index contributed by atoms with van der Waals surface area (Å²) < 4.78 is 7.46. The van der Waals surface area contributed by atoms with Gasteiger partial charge in [0.15, 0.2) is 5.16 Å². The molecule has 0 fully saturated rings. The minimum atomic E-state index is -0.554. The number of hydrogen-bond donors (Lipinski definition) is 1. The Morgan fingerprint density at radius 2 is 1.59 bits per heavy atom. The molecule has 0 aliphatic carbocycles. The number of hydrogen-bond acceptors (Lipinski definition) is 5. The van der Waals surface area contributed by atoms with Crippen molar-refractivity contribution < 1.29 is 14.3 Å². The lowest BCUT2D eigenvalue weighted by Gasteiger charge is -2.23. The summed E-state index contributed by atoms with van der Waals surface area (Å²) >= 11 is 1.57. The van der Waals surface area contributed by atoms with Crippen LogP contribution in [-0.2, 0) is 16.1 Å². The zero-order valence-electron chi connectivity index (χ0n) is 21.4. The van der Waals surface area contributed by atoms with E-state index in [0.29, 0.717) is 6.54 Å². The predicted molar refractivity (Wildman–Crippen MR) is 150 cm³/mol. The van der Waals surface area contributed by atoms with E-state index in [9.17, 15) is 9.59 Å². The maximum atomic E-state index is 13.1. The number of esters is 1. The van der Waals surface area contributed by atoms with E-state index in [0.717, 1.165) is 39.7 Å². The molecule has 1 aromatic heterocycles. The molecule has 7 nitrogen and oxygen atoms in total. The van der Waals surface area contributed by atoms with Crippen LogP contribution in [0.1, 0.15) is 27.2 Å². The number of carbonyl (C=O) groups is 2. The van der Waals surface area contributed by atoms with Crippen molar-refractivity contribution in [2.24, 2.45) is 0 Å². The Labute approximate surface area is 221 Å². The Balaban J connectivity index is 1.44. The van der Waals surface area contributed by atoms with E-state index in [1.165, 1.54) is 0 Å². The Bertz CT molecular complexity index is 1330. The highest BCUT2D eigenvalue weighted by molar-refractivity contribution is 7.99. The summed E-state index contributed by atoms with van der Waals surface area (Å²) in [5.41, 5.74) is 2.75. The quantitative estimate of drug-likeness (QED) is 0.154. The topological polar surface area (TPSA) is 76.5 Å². The molecule has 0 saturated carbocycles. The van der Waals surface area contributed by atoms with Gasteiger partial charge in [-0.2, -0.15) is 0 Å². The van der Waals surface area contributed by atoms with Crippen molar-refractivity contribution >= 4 is 46.2 Å². The Kier molecular flexibility index (Phi) is 8.50. The van der Waals surface area contributed by atoms with E-state index in [1.807, 2.05) is 110 Å². The molecule has 0 radical (unpaired) electrons. The molecule has 0 aliphatic rings. The fourth-order valence-corrected chi connectivity index (χ4v) is 4.81. The lowest BCUT2D eigenvalue weighted by Crippen LogP contribution is -2.36. The van der Waals surface area contributed by atoms with E-state index in [1.54, 1.807) is 16.7 Å². The third-order valence-electron chi connectivity index (χ3n) is 5.42. The standard InChI is InChI=1S/C29H32N4O3S/c1-29(2,3)36-26(34)21-33-25-18-11-10-17-24(25)31-28(33)37-20-12-19-32(23-15-8-5-9-16-23)27(35)30-22-13-6-4-7-14-22/h4-11,13-18H,12,19-21H2,1-3H3,(H,30,35). The summed E-state index contributed by atoms with van der Waals surface area (Å²) in [5.74, 6) is 0.421. The zero-order valence-corrected chi connectivity index (χ0v) is 22.2. The van der Waals surface area contributed by atoms with Crippen LogP contribution in [0.4, 0.5) is 16.2 Å². The molecule has 1 N–H and O–H groups in total. The van der Waals surface area contributed by atoms with Gasteiger partial charge in [-0.15, -0.1) is 0 Å². The molecule has 3 aromatic carbocycles. The maximum absolute atomic E-state index is 13.1. The number of fused-ring (bicyclic) bond motifs is 1. The number of nitrogens with one attached hydrogen (secondary N) is 1. The Morgan fingerprint density at radius 1 is 0.946 bits per heavy atom. The predicted octanol–water partition coefficient (Wildman–Crippen LogP) is 6.60. The molecule has 0 bridgehead atoms. The smallest absolute Gasteiger partial charge is 0.326 e. The summed E-state index contributed by atoms with van der Waals surface area (Å²) in [6.07, 6.45) is 0.734. The molecule has 4 aromatic rings. The molecular weight excluding hydrogens is 484 g/mol. The zero-order chi connectivity index (χ0) is 26.3. The molecule has 1 heterocycles. The van der Waals surface area contributed by atoms with E-state index in [-0.39, 0.29) is 18.5 Å². The van der Waals surface area contributed by atoms with E-state index in [4.69, 9.17) is 9.72 Å². The number of ether oxygens (including phenoxy) is 1. The summed E-state index contributed by atoms with van der Waals surface area (Å²) in [4.78, 5) is 32.2. The van der Waals surface area contributed by atoms with Gasteiger partial charge in [0.05, 0.1) is 11.0 Å². The second-order valence-electron chi connectivity index (χ2n) is 9.54. The van der Waals surface area contributed by atoms with Gasteiger partial charge in [-0.25, -0.2) is 9.78 Å². The Morgan fingerprint density at radius 3 is 2.30 bits per heavy atom. The first-order chi connectivity index (χ1) is 17.8. The number of aromatic nitrogens is 2. The van der Waals surface area contributed by atoms with Crippen LogP contribution >= 0.6 is 11.8 Å². The van der Waals surface area contributed by atoms with Gasteiger partial charge in [0, 0.05) is 23.7 Å². The monoisotopic (exact) mass is 516 g/mol. The average Bonchev–Trinajstić information content (AvgIpc) is 3.21. The fraction of sp³-hybridized carbons (Fsp3) is 0.276. The van der Waals surface area contributed by atoms with Gasteiger partial charge < -0.3 is 14.6 Å². The maximum Gasteiger partial charge on any atom is 0.326 e. The first-order valence-corrected chi connectivity index (χ1v) is 13.3. The lowest BCUT2D eigenvalue weighted by atomic mass is 10.2. The highest BCUT2D eigenvalue weighted by atomic mass is 32.2. The van der Waals surface area contributed by atoms with Crippen LogP contribution < -0.4 is 10.2 Å². The van der Waals surface area contributed by atoms with Gasteiger partial charge in [0.25, 0.3) is 0 Å². The first-order valence-electron chi connectivity index (χ1n) is 12.3. The summed E-state index contributed by atoms with van der Waals surface area (Å²) in [6, 6.07) is 26.7. The highest BCUT2D eigenvalue weighted by Gasteiger charge is 2.20. The number of urea groups is 1. The molecule has 37 heavy (non-hydrogen) atoms. The molecule has 4 rings (SSSR count). The van der Waals surface area contributed by atoms with Gasteiger partial charge in [0.1, 0.15) is 12.1 Å². The lowest BCUT2D eigenvalue weighted by molar-refractivity contribution is -0.155. The second-order valence-corrected chi connectivity index (χ2v) is 10.6. The molecule has 0 spiro atoms. The van der Waals surface area contributed by atoms with Crippen LogP contribution in [0.2, 0.25) is 0 Å². The summed E-state index contributed by atoms with van der Waals surface area (Å²) in [5, 5.41) is 3.73. The SMILES string of the molecule is CC(C)(C)OC(=O)Cn1c(SCCCN(C(=O)Nc2ccccc2)c2ccccc2)nc2ccccc21. The van der Waals surface area contributed by atoms with Crippen molar-refractivity contribution in [3.63, 3.8) is 0 Å². The van der Waals surface area contributed by atoms with Crippen LogP contribution in [0.15, 0.2) is 90.1 Å². The minimum Gasteiger partial charge on any atom is -0.459 e. The fourth-order valence-electron chi connectivity index (χ4n) is 3.87. The van der Waals surface area contributed by atoms with E-state index in [2.05, 4.69) is 5.32 Å². The van der Waals surface area contributed by atoms with Crippen molar-refractivity contribution in [3.8, 4) is 0 Å². The van der Waals surface area contributed by atoms with Crippen LogP contribution in [-0.4, -0.2) is 39.5 Å². The van der Waals surface area contributed by atoms with E-state index < -0.39 is 5.60 Å². The number of nitrogens with zero attached hydrogens (tertiary/aromatic N) is 3.